The number of hydrogen-bond acceptors (Lipinski definition) is 1. The molecule has 1 aromatic carbocycles. The van der Waals surface area contributed by atoms with Crippen LogP contribution in [0.4, 0.5) is 10.1 Å². The SMILES string of the molecule is Nc1cccc(C2(CF)CCC2)c1. The smallest absolute Gasteiger partial charge is 0.0990 e. The van der Waals surface area contributed by atoms with E-state index in [0.717, 1.165) is 30.5 Å². The first-order chi connectivity index (χ1) is 6.27. The van der Waals surface area contributed by atoms with E-state index in [-0.39, 0.29) is 12.1 Å². The highest BCUT2D eigenvalue weighted by atomic mass is 19.1. The standard InChI is InChI=1S/C11H14FN/c12-8-11(5-2-6-11)9-3-1-4-10(13)7-9/h1,3-4,7H,2,5-6,8,13H2. The third kappa shape index (κ3) is 1.30. The molecular weight excluding hydrogens is 165 g/mol. The van der Waals surface area contributed by atoms with Crippen LogP contribution in [-0.4, -0.2) is 6.67 Å². The van der Waals surface area contributed by atoms with E-state index in [1.807, 2.05) is 24.3 Å². The first-order valence-electron chi connectivity index (χ1n) is 4.69. The fourth-order valence-corrected chi connectivity index (χ4v) is 1.97. The lowest BCUT2D eigenvalue weighted by molar-refractivity contribution is 0.185. The Morgan fingerprint density at radius 1 is 1.38 bits per heavy atom. The number of alkyl halides is 1. The highest BCUT2D eigenvalue weighted by Gasteiger charge is 2.38. The number of nitrogens with two attached hydrogens (primary N) is 1. The van der Waals surface area contributed by atoms with Crippen LogP contribution in [0.25, 0.3) is 0 Å². The Kier molecular flexibility index (Phi) is 1.98. The minimum absolute atomic E-state index is 0.199. The van der Waals surface area contributed by atoms with Gasteiger partial charge in [0.2, 0.25) is 0 Å². The second-order valence-corrected chi connectivity index (χ2v) is 3.89. The van der Waals surface area contributed by atoms with Gasteiger partial charge in [-0.05, 0) is 30.5 Å². The summed E-state index contributed by atoms with van der Waals surface area (Å²) in [6.45, 7) is -0.254. The topological polar surface area (TPSA) is 26.0 Å². The van der Waals surface area contributed by atoms with Crippen LogP contribution in [0.3, 0.4) is 0 Å². The molecule has 0 bridgehead atoms. The number of anilines is 1. The lowest BCUT2D eigenvalue weighted by Gasteiger charge is -2.40. The van der Waals surface area contributed by atoms with Crippen LogP contribution in [0, 0.1) is 0 Å². The Morgan fingerprint density at radius 3 is 2.62 bits per heavy atom. The van der Waals surface area contributed by atoms with Gasteiger partial charge < -0.3 is 5.73 Å². The van der Waals surface area contributed by atoms with Crippen LogP contribution in [0.1, 0.15) is 24.8 Å². The van der Waals surface area contributed by atoms with Gasteiger partial charge in [0.05, 0.1) is 6.67 Å². The molecule has 2 rings (SSSR count). The number of hydrogen-bond donors (Lipinski definition) is 1. The van der Waals surface area contributed by atoms with Crippen LogP contribution < -0.4 is 5.73 Å². The van der Waals surface area contributed by atoms with Gasteiger partial charge in [0.25, 0.3) is 0 Å². The quantitative estimate of drug-likeness (QED) is 0.694. The van der Waals surface area contributed by atoms with E-state index in [9.17, 15) is 4.39 Å². The fourth-order valence-electron chi connectivity index (χ4n) is 1.97. The summed E-state index contributed by atoms with van der Waals surface area (Å²) in [7, 11) is 0. The zero-order valence-electron chi connectivity index (χ0n) is 7.59. The third-order valence-electron chi connectivity index (χ3n) is 3.07. The zero-order valence-corrected chi connectivity index (χ0v) is 7.59. The molecule has 1 saturated carbocycles. The van der Waals surface area contributed by atoms with Crippen molar-refractivity contribution in [2.45, 2.75) is 24.7 Å². The molecule has 13 heavy (non-hydrogen) atoms. The Bertz CT molecular complexity index is 299. The molecule has 1 fully saturated rings. The maximum absolute atomic E-state index is 12.9. The molecule has 1 aromatic rings. The maximum atomic E-state index is 12.9. The Morgan fingerprint density at radius 2 is 2.15 bits per heavy atom. The predicted octanol–water partition coefficient (Wildman–Crippen LogP) is 2.66. The van der Waals surface area contributed by atoms with Crippen molar-refractivity contribution in [3.8, 4) is 0 Å². The summed E-state index contributed by atoms with van der Waals surface area (Å²) in [4.78, 5) is 0. The van der Waals surface area contributed by atoms with Crippen molar-refractivity contribution in [3.63, 3.8) is 0 Å². The molecule has 0 aromatic heterocycles. The van der Waals surface area contributed by atoms with E-state index in [4.69, 9.17) is 5.73 Å². The summed E-state index contributed by atoms with van der Waals surface area (Å²) in [6.07, 6.45) is 3.07. The van der Waals surface area contributed by atoms with Gasteiger partial charge in [0, 0.05) is 11.1 Å². The number of nitrogen functional groups attached to an aromatic ring is 1. The van der Waals surface area contributed by atoms with Crippen molar-refractivity contribution in [1.29, 1.82) is 0 Å². The van der Waals surface area contributed by atoms with Gasteiger partial charge in [-0.3, -0.25) is 4.39 Å². The first-order valence-corrected chi connectivity index (χ1v) is 4.69. The van der Waals surface area contributed by atoms with Crippen LogP contribution in [-0.2, 0) is 5.41 Å². The van der Waals surface area contributed by atoms with E-state index in [0.29, 0.717) is 0 Å². The minimum atomic E-state index is -0.254. The van der Waals surface area contributed by atoms with Gasteiger partial charge >= 0.3 is 0 Å². The Hall–Kier alpha value is -1.05. The molecule has 1 aliphatic rings. The molecule has 0 atom stereocenters. The molecule has 0 aliphatic heterocycles. The molecule has 0 saturated heterocycles. The number of rotatable bonds is 2. The van der Waals surface area contributed by atoms with Crippen LogP contribution in [0.2, 0.25) is 0 Å². The van der Waals surface area contributed by atoms with E-state index in [1.165, 1.54) is 0 Å². The average Bonchev–Trinajstić information content (AvgIpc) is 2.03. The molecule has 1 nitrogen and oxygen atoms in total. The highest BCUT2D eigenvalue weighted by Crippen LogP contribution is 2.44. The number of halogens is 1. The molecule has 2 N–H and O–H groups in total. The van der Waals surface area contributed by atoms with E-state index in [1.54, 1.807) is 0 Å². The van der Waals surface area contributed by atoms with E-state index < -0.39 is 0 Å². The summed E-state index contributed by atoms with van der Waals surface area (Å²) in [5.74, 6) is 0. The van der Waals surface area contributed by atoms with Crippen molar-refractivity contribution in [2.24, 2.45) is 0 Å². The summed E-state index contributed by atoms with van der Waals surface area (Å²) in [6, 6.07) is 7.63. The molecule has 2 heteroatoms. The lowest BCUT2D eigenvalue weighted by Crippen LogP contribution is -2.36. The van der Waals surface area contributed by atoms with Gasteiger partial charge in [0.15, 0.2) is 0 Å². The van der Waals surface area contributed by atoms with E-state index in [2.05, 4.69) is 0 Å². The summed E-state index contributed by atoms with van der Waals surface area (Å²) in [5, 5.41) is 0. The van der Waals surface area contributed by atoms with Crippen LogP contribution in [0.5, 0.6) is 0 Å². The third-order valence-corrected chi connectivity index (χ3v) is 3.07. The van der Waals surface area contributed by atoms with Gasteiger partial charge in [-0.15, -0.1) is 0 Å². The zero-order chi connectivity index (χ0) is 9.31. The Balaban J connectivity index is 2.33. The maximum Gasteiger partial charge on any atom is 0.0990 e. The van der Waals surface area contributed by atoms with Gasteiger partial charge in [-0.2, -0.15) is 0 Å². The van der Waals surface area contributed by atoms with Gasteiger partial charge in [-0.1, -0.05) is 18.6 Å². The van der Waals surface area contributed by atoms with Crippen molar-refractivity contribution >= 4 is 5.69 Å². The monoisotopic (exact) mass is 179 g/mol. The molecule has 70 valence electrons. The highest BCUT2D eigenvalue weighted by molar-refractivity contribution is 5.44. The average molecular weight is 179 g/mol. The van der Waals surface area contributed by atoms with Crippen molar-refractivity contribution in [1.82, 2.24) is 0 Å². The molecule has 0 unspecified atom stereocenters. The van der Waals surface area contributed by atoms with E-state index >= 15 is 0 Å². The minimum Gasteiger partial charge on any atom is -0.399 e. The summed E-state index contributed by atoms with van der Waals surface area (Å²) < 4.78 is 12.9. The number of benzene rings is 1. The Labute approximate surface area is 77.8 Å². The predicted molar refractivity (Wildman–Crippen MR) is 52.4 cm³/mol. The van der Waals surface area contributed by atoms with Crippen molar-refractivity contribution in [2.75, 3.05) is 12.4 Å². The molecule has 0 radical (unpaired) electrons. The molecule has 1 aliphatic carbocycles. The van der Waals surface area contributed by atoms with Crippen LogP contribution >= 0.6 is 0 Å². The lowest BCUT2D eigenvalue weighted by atomic mass is 9.65. The second-order valence-electron chi connectivity index (χ2n) is 3.89. The molecule has 0 amide bonds. The normalized spacial score (nSPS) is 19.5. The first kappa shape index (κ1) is 8.54. The molecular formula is C11H14FN. The largest absolute Gasteiger partial charge is 0.399 e. The van der Waals surface area contributed by atoms with Crippen molar-refractivity contribution < 1.29 is 4.39 Å². The van der Waals surface area contributed by atoms with Crippen LogP contribution in [0.15, 0.2) is 24.3 Å². The van der Waals surface area contributed by atoms with Gasteiger partial charge in [0.1, 0.15) is 0 Å². The summed E-state index contributed by atoms with van der Waals surface area (Å²) in [5.41, 5.74) is 7.27. The molecule has 0 spiro atoms. The van der Waals surface area contributed by atoms with Gasteiger partial charge in [-0.25, -0.2) is 0 Å². The van der Waals surface area contributed by atoms with Crippen molar-refractivity contribution in [3.05, 3.63) is 29.8 Å². The summed E-state index contributed by atoms with van der Waals surface area (Å²) >= 11 is 0. The second kappa shape index (κ2) is 3.02. The molecule has 0 heterocycles. The fraction of sp³-hybridized carbons (Fsp3) is 0.455.